The van der Waals surface area contributed by atoms with E-state index in [1.807, 2.05) is 0 Å². The van der Waals surface area contributed by atoms with Crippen molar-refractivity contribution >= 4 is 18.3 Å². The zero-order chi connectivity index (χ0) is 20.8. The van der Waals surface area contributed by atoms with Gasteiger partial charge in [0.1, 0.15) is 11.8 Å². The first-order chi connectivity index (χ1) is 14.0. The van der Waals surface area contributed by atoms with Crippen molar-refractivity contribution in [2.75, 3.05) is 7.05 Å². The van der Waals surface area contributed by atoms with E-state index in [9.17, 15) is 9.65 Å². The Balaban J connectivity index is 2.11. The summed E-state index contributed by atoms with van der Waals surface area (Å²) in [4.78, 5) is 12.9. The van der Waals surface area contributed by atoms with Crippen LogP contribution in [0.2, 0.25) is 0 Å². The molecule has 0 atom stereocenters. The van der Waals surface area contributed by atoms with Crippen LogP contribution in [0.15, 0.2) is 71.0 Å². The highest BCUT2D eigenvalue weighted by Crippen LogP contribution is 2.31. The van der Waals surface area contributed by atoms with E-state index in [1.54, 1.807) is 43.5 Å². The number of benzene rings is 1. The van der Waals surface area contributed by atoms with Crippen molar-refractivity contribution < 1.29 is 9.13 Å². The molecule has 144 valence electrons. The van der Waals surface area contributed by atoms with Gasteiger partial charge in [-0.3, -0.25) is 9.98 Å². The fourth-order valence-corrected chi connectivity index (χ4v) is 2.80. The van der Waals surface area contributed by atoms with Gasteiger partial charge in [0.2, 0.25) is 5.95 Å². The second-order valence-electron chi connectivity index (χ2n) is 5.80. The molecule has 0 aliphatic rings. The highest BCUT2D eigenvalue weighted by molar-refractivity contribution is 7.80. The van der Waals surface area contributed by atoms with Crippen LogP contribution in [0.1, 0.15) is 11.1 Å². The monoisotopic (exact) mass is 405 g/mol. The van der Waals surface area contributed by atoms with Crippen molar-refractivity contribution in [3.63, 3.8) is 0 Å². The molecule has 0 radical (unpaired) electrons. The van der Waals surface area contributed by atoms with Gasteiger partial charge in [0.25, 0.3) is 0 Å². The topological polar surface area (TPSA) is 97.2 Å². The first kappa shape index (κ1) is 20.0. The van der Waals surface area contributed by atoms with Crippen LogP contribution in [-0.2, 0) is 0 Å². The molecule has 6 nitrogen and oxygen atoms in total. The van der Waals surface area contributed by atoms with Gasteiger partial charge in [-0.2, -0.15) is 9.65 Å². The van der Waals surface area contributed by atoms with Crippen LogP contribution in [-0.4, -0.2) is 22.7 Å². The van der Waals surface area contributed by atoms with Crippen LogP contribution >= 0.6 is 12.6 Å². The maximum Gasteiger partial charge on any atom is 0.212 e. The van der Waals surface area contributed by atoms with Gasteiger partial charge >= 0.3 is 0 Å². The van der Waals surface area contributed by atoms with Gasteiger partial charge < -0.3 is 10.5 Å². The number of nitrogens with zero attached hydrogens (tertiary/aromatic N) is 4. The summed E-state index contributed by atoms with van der Waals surface area (Å²) < 4.78 is 19.1. The molecule has 0 amide bonds. The molecule has 8 heteroatoms. The summed E-state index contributed by atoms with van der Waals surface area (Å²) in [5, 5.41) is 9.38. The molecule has 0 saturated carbocycles. The van der Waals surface area contributed by atoms with Gasteiger partial charge in [-0.1, -0.05) is 0 Å². The number of hydrogen-bond acceptors (Lipinski definition) is 7. The average molecular weight is 405 g/mol. The Labute approximate surface area is 172 Å². The summed E-state index contributed by atoms with van der Waals surface area (Å²) in [6.45, 7) is 0. The maximum absolute atomic E-state index is 13.1. The lowest BCUT2D eigenvalue weighted by molar-refractivity contribution is 0.477. The lowest BCUT2D eigenvalue weighted by Crippen LogP contribution is -2.04. The number of thiol groups is 1. The number of rotatable bonds is 5. The van der Waals surface area contributed by atoms with Gasteiger partial charge in [0.05, 0.1) is 23.2 Å². The highest BCUT2D eigenvalue weighted by Gasteiger charge is 2.15. The standard InChI is InChI=1S/C21H16FN5OS/c1-25-17(6-7-23)16-9-18(13-2-5-21(22)27-11-13)26-12-20(16)28-19-4-3-15(29)8-14(19)10-24/h2-9,11-12,29H,23H2,1H3. The molecule has 3 aromatic rings. The minimum atomic E-state index is -0.576. The molecule has 1 aromatic carbocycles. The van der Waals surface area contributed by atoms with E-state index < -0.39 is 5.95 Å². The molecule has 0 fully saturated rings. The predicted molar refractivity (Wildman–Crippen MR) is 112 cm³/mol. The first-order valence-corrected chi connectivity index (χ1v) is 8.88. The summed E-state index contributed by atoms with van der Waals surface area (Å²) in [7, 11) is 1.62. The Bertz CT molecular complexity index is 1140. The lowest BCUT2D eigenvalue weighted by atomic mass is 10.1. The molecule has 0 bridgehead atoms. The molecule has 0 aliphatic heterocycles. The molecule has 0 unspecified atom stereocenters. The molecule has 3 rings (SSSR count). The largest absolute Gasteiger partial charge is 0.454 e. The summed E-state index contributed by atoms with van der Waals surface area (Å²) in [6.07, 6.45) is 5.89. The fourth-order valence-electron chi connectivity index (χ4n) is 2.60. The number of ether oxygens (including phenoxy) is 1. The van der Waals surface area contributed by atoms with Gasteiger partial charge in [0.15, 0.2) is 5.75 Å². The van der Waals surface area contributed by atoms with Crippen molar-refractivity contribution in [2.45, 2.75) is 4.90 Å². The summed E-state index contributed by atoms with van der Waals surface area (Å²) in [5.74, 6) is 0.162. The number of aromatic nitrogens is 2. The third-order valence-electron chi connectivity index (χ3n) is 3.97. The zero-order valence-corrected chi connectivity index (χ0v) is 16.3. The van der Waals surface area contributed by atoms with Crippen LogP contribution in [0.5, 0.6) is 11.5 Å². The van der Waals surface area contributed by atoms with Crippen LogP contribution in [0.25, 0.3) is 11.3 Å². The third kappa shape index (κ3) is 4.59. The van der Waals surface area contributed by atoms with E-state index >= 15 is 0 Å². The third-order valence-corrected chi connectivity index (χ3v) is 4.24. The molecular weight excluding hydrogens is 389 g/mol. The number of aliphatic imine (C=N–C) groups is 1. The SMILES string of the molecule is CN=C(C=CN)c1cc(-c2ccc(F)nc2)ncc1Oc1ccc(S)cc1C#N. The lowest BCUT2D eigenvalue weighted by Gasteiger charge is -2.14. The van der Waals surface area contributed by atoms with Crippen molar-refractivity contribution in [3.05, 3.63) is 78.1 Å². The van der Waals surface area contributed by atoms with E-state index in [0.717, 1.165) is 0 Å². The molecule has 2 heterocycles. The van der Waals surface area contributed by atoms with E-state index in [4.69, 9.17) is 10.5 Å². The number of nitriles is 1. The van der Waals surface area contributed by atoms with Crippen molar-refractivity contribution in [2.24, 2.45) is 10.7 Å². The molecular formula is C21H16FN5OS. The second kappa shape index (κ2) is 8.99. The Hall–Kier alpha value is -3.70. The van der Waals surface area contributed by atoms with Crippen molar-refractivity contribution in [1.82, 2.24) is 9.97 Å². The zero-order valence-electron chi connectivity index (χ0n) is 15.4. The number of nitrogens with two attached hydrogens (primary N) is 1. The molecule has 0 saturated heterocycles. The first-order valence-electron chi connectivity index (χ1n) is 8.44. The van der Waals surface area contributed by atoms with Crippen LogP contribution < -0.4 is 10.5 Å². The minimum absolute atomic E-state index is 0.333. The van der Waals surface area contributed by atoms with Gasteiger partial charge in [-0.15, -0.1) is 12.6 Å². The molecule has 0 aliphatic carbocycles. The highest BCUT2D eigenvalue weighted by atomic mass is 32.1. The summed E-state index contributed by atoms with van der Waals surface area (Å²) in [5.41, 5.74) is 8.21. The van der Waals surface area contributed by atoms with Crippen molar-refractivity contribution in [1.29, 1.82) is 5.26 Å². The smallest absolute Gasteiger partial charge is 0.212 e. The fraction of sp³-hybridized carbons (Fsp3) is 0.0476. The molecule has 0 spiro atoms. The molecule has 2 aromatic heterocycles. The number of allylic oxidation sites excluding steroid dienone is 1. The Morgan fingerprint density at radius 2 is 2.03 bits per heavy atom. The Kier molecular flexibility index (Phi) is 6.22. The normalized spacial score (nSPS) is 11.4. The van der Waals surface area contributed by atoms with E-state index in [1.165, 1.54) is 24.7 Å². The number of hydrogen-bond donors (Lipinski definition) is 2. The minimum Gasteiger partial charge on any atom is -0.454 e. The van der Waals surface area contributed by atoms with E-state index in [-0.39, 0.29) is 0 Å². The second-order valence-corrected chi connectivity index (χ2v) is 6.31. The predicted octanol–water partition coefficient (Wildman–Crippen LogP) is 4.13. The summed E-state index contributed by atoms with van der Waals surface area (Å²) in [6, 6.07) is 11.7. The van der Waals surface area contributed by atoms with E-state index in [0.29, 0.717) is 44.5 Å². The molecule has 2 N–H and O–H groups in total. The van der Waals surface area contributed by atoms with Crippen molar-refractivity contribution in [3.8, 4) is 28.8 Å². The Morgan fingerprint density at radius 3 is 2.69 bits per heavy atom. The van der Waals surface area contributed by atoms with Gasteiger partial charge in [-0.05, 0) is 48.7 Å². The summed E-state index contributed by atoms with van der Waals surface area (Å²) >= 11 is 4.24. The Morgan fingerprint density at radius 1 is 1.21 bits per heavy atom. The number of halogens is 1. The number of pyridine rings is 2. The van der Waals surface area contributed by atoms with Gasteiger partial charge in [-0.25, -0.2) is 4.98 Å². The van der Waals surface area contributed by atoms with Crippen LogP contribution in [0, 0.1) is 17.3 Å². The quantitative estimate of drug-likeness (QED) is 0.378. The van der Waals surface area contributed by atoms with Crippen LogP contribution in [0.3, 0.4) is 0 Å². The van der Waals surface area contributed by atoms with E-state index in [2.05, 4.69) is 33.7 Å². The molecule has 29 heavy (non-hydrogen) atoms. The average Bonchev–Trinajstić information content (AvgIpc) is 2.74. The van der Waals surface area contributed by atoms with Gasteiger partial charge in [0, 0.05) is 29.3 Å². The maximum atomic E-state index is 13.1. The van der Waals surface area contributed by atoms with Crippen LogP contribution in [0.4, 0.5) is 4.39 Å².